The highest BCUT2D eigenvalue weighted by Gasteiger charge is 1.95. The Morgan fingerprint density at radius 3 is 3.06 bits per heavy atom. The molecule has 0 aromatic carbocycles. The number of rotatable bonds is 6. The predicted molar refractivity (Wildman–Crippen MR) is 62.2 cm³/mol. The van der Waals surface area contributed by atoms with Gasteiger partial charge in [0.15, 0.2) is 0 Å². The van der Waals surface area contributed by atoms with E-state index in [-0.39, 0.29) is 0 Å². The Hall–Kier alpha value is -1.68. The maximum atomic E-state index is 10.4. The zero-order valence-electron chi connectivity index (χ0n) is 9.31. The van der Waals surface area contributed by atoms with Crippen LogP contribution in [0.5, 0.6) is 0 Å². The van der Waals surface area contributed by atoms with Gasteiger partial charge < -0.3 is 10.4 Å². The summed E-state index contributed by atoms with van der Waals surface area (Å²) < 4.78 is 0. The van der Waals surface area contributed by atoms with Gasteiger partial charge in [-0.2, -0.15) is 0 Å². The van der Waals surface area contributed by atoms with Crippen molar-refractivity contribution in [1.82, 2.24) is 10.3 Å². The molecule has 0 bridgehead atoms. The van der Waals surface area contributed by atoms with Gasteiger partial charge in [0, 0.05) is 25.0 Å². The van der Waals surface area contributed by atoms with Crippen molar-refractivity contribution in [2.24, 2.45) is 0 Å². The smallest absolute Gasteiger partial charge is 0.328 e. The van der Waals surface area contributed by atoms with Crippen molar-refractivity contribution in [3.05, 3.63) is 41.7 Å². The first-order chi connectivity index (χ1) is 7.68. The molecule has 16 heavy (non-hydrogen) atoms. The van der Waals surface area contributed by atoms with Gasteiger partial charge in [0.1, 0.15) is 0 Å². The van der Waals surface area contributed by atoms with E-state index in [9.17, 15) is 4.79 Å². The molecule has 4 nitrogen and oxygen atoms in total. The summed E-state index contributed by atoms with van der Waals surface area (Å²) in [6.45, 7) is 3.22. The number of aliphatic carboxylic acids is 1. The predicted octanol–water partition coefficient (Wildman–Crippen LogP) is 1.24. The van der Waals surface area contributed by atoms with E-state index in [2.05, 4.69) is 10.3 Å². The van der Waals surface area contributed by atoms with Gasteiger partial charge in [-0.25, -0.2) is 4.79 Å². The highest BCUT2D eigenvalue weighted by molar-refractivity contribution is 5.80. The van der Waals surface area contributed by atoms with E-state index in [0.29, 0.717) is 6.54 Å². The Bertz CT molecular complexity index is 361. The van der Waals surface area contributed by atoms with Crippen molar-refractivity contribution in [2.45, 2.75) is 13.3 Å². The van der Waals surface area contributed by atoms with Gasteiger partial charge in [0.25, 0.3) is 0 Å². The molecule has 0 spiro atoms. The minimum Gasteiger partial charge on any atom is -0.478 e. The largest absolute Gasteiger partial charge is 0.478 e. The van der Waals surface area contributed by atoms with Crippen LogP contribution in [0.4, 0.5) is 0 Å². The number of carbonyl (C=O) groups is 1. The summed E-state index contributed by atoms with van der Waals surface area (Å²) in [6.07, 6.45) is 5.70. The summed E-state index contributed by atoms with van der Waals surface area (Å²) in [7, 11) is 0. The molecule has 0 saturated heterocycles. The Kier molecular flexibility index (Phi) is 5.22. The molecule has 0 saturated carbocycles. The second-order valence-corrected chi connectivity index (χ2v) is 3.62. The third-order valence-electron chi connectivity index (χ3n) is 2.09. The lowest BCUT2D eigenvalue weighted by Gasteiger charge is -2.04. The van der Waals surface area contributed by atoms with Crippen LogP contribution in [0, 0.1) is 0 Å². The fourth-order valence-corrected chi connectivity index (χ4v) is 1.33. The SMILES string of the molecule is C/C(=C/C(=O)O)CNCCc1cccnc1. The molecule has 86 valence electrons. The van der Waals surface area contributed by atoms with Crippen molar-refractivity contribution in [3.63, 3.8) is 0 Å². The highest BCUT2D eigenvalue weighted by atomic mass is 16.4. The maximum absolute atomic E-state index is 10.4. The standard InChI is InChI=1S/C12H16N2O2/c1-10(7-12(15)16)8-14-6-4-11-3-2-5-13-9-11/h2-3,5,7,9,14H,4,6,8H2,1H3,(H,15,16)/b10-7-. The van der Waals surface area contributed by atoms with Crippen LogP contribution >= 0.6 is 0 Å². The van der Waals surface area contributed by atoms with Crippen LogP contribution in [-0.4, -0.2) is 29.1 Å². The molecular formula is C12H16N2O2. The number of carboxylic acid groups (broad SMARTS) is 1. The number of nitrogens with one attached hydrogen (secondary N) is 1. The molecule has 1 aromatic rings. The Morgan fingerprint density at radius 2 is 2.44 bits per heavy atom. The molecule has 4 heteroatoms. The van der Waals surface area contributed by atoms with Crippen molar-refractivity contribution in [3.8, 4) is 0 Å². The van der Waals surface area contributed by atoms with Crippen LogP contribution in [0.1, 0.15) is 12.5 Å². The summed E-state index contributed by atoms with van der Waals surface area (Å²) in [5.41, 5.74) is 1.99. The molecular weight excluding hydrogens is 204 g/mol. The van der Waals surface area contributed by atoms with E-state index in [4.69, 9.17) is 5.11 Å². The lowest BCUT2D eigenvalue weighted by molar-refractivity contribution is -0.131. The average molecular weight is 220 g/mol. The lowest BCUT2D eigenvalue weighted by Crippen LogP contribution is -2.19. The van der Waals surface area contributed by atoms with Gasteiger partial charge in [0.2, 0.25) is 0 Å². The van der Waals surface area contributed by atoms with Crippen LogP contribution in [-0.2, 0) is 11.2 Å². The van der Waals surface area contributed by atoms with Crippen LogP contribution < -0.4 is 5.32 Å². The van der Waals surface area contributed by atoms with E-state index in [1.165, 1.54) is 11.6 Å². The molecule has 0 atom stereocenters. The third-order valence-corrected chi connectivity index (χ3v) is 2.09. The Morgan fingerprint density at radius 1 is 1.62 bits per heavy atom. The van der Waals surface area contributed by atoms with E-state index < -0.39 is 5.97 Å². The van der Waals surface area contributed by atoms with Crippen LogP contribution in [0.3, 0.4) is 0 Å². The molecule has 0 aliphatic rings. The fraction of sp³-hybridized carbons (Fsp3) is 0.333. The summed E-state index contributed by atoms with van der Waals surface area (Å²) in [5.74, 6) is -0.897. The first-order valence-electron chi connectivity index (χ1n) is 5.18. The molecule has 1 aromatic heterocycles. The maximum Gasteiger partial charge on any atom is 0.328 e. The average Bonchev–Trinajstić information content (AvgIpc) is 2.25. The topological polar surface area (TPSA) is 62.2 Å². The number of hydrogen-bond acceptors (Lipinski definition) is 3. The summed E-state index contributed by atoms with van der Waals surface area (Å²) >= 11 is 0. The molecule has 0 radical (unpaired) electrons. The van der Waals surface area contributed by atoms with Crippen molar-refractivity contribution in [1.29, 1.82) is 0 Å². The minimum absolute atomic E-state index is 0.604. The van der Waals surface area contributed by atoms with Crippen LogP contribution in [0.25, 0.3) is 0 Å². The monoisotopic (exact) mass is 220 g/mol. The summed E-state index contributed by atoms with van der Waals surface area (Å²) in [4.78, 5) is 14.4. The normalized spacial score (nSPS) is 11.4. The Labute approximate surface area is 95.0 Å². The number of pyridine rings is 1. The molecule has 0 amide bonds. The number of hydrogen-bond donors (Lipinski definition) is 2. The lowest BCUT2D eigenvalue weighted by atomic mass is 10.2. The molecule has 0 aliphatic heterocycles. The second kappa shape index (κ2) is 6.74. The van der Waals surface area contributed by atoms with Crippen molar-refractivity contribution in [2.75, 3.05) is 13.1 Å². The number of aromatic nitrogens is 1. The van der Waals surface area contributed by atoms with Gasteiger partial charge in [-0.15, -0.1) is 0 Å². The summed E-state index contributed by atoms with van der Waals surface area (Å²) in [5, 5.41) is 11.7. The van der Waals surface area contributed by atoms with E-state index in [1.54, 1.807) is 13.1 Å². The molecule has 2 N–H and O–H groups in total. The van der Waals surface area contributed by atoms with Gasteiger partial charge in [0.05, 0.1) is 0 Å². The summed E-state index contributed by atoms with van der Waals surface area (Å²) in [6, 6.07) is 3.93. The number of carboxylic acids is 1. The molecule has 0 unspecified atom stereocenters. The fourth-order valence-electron chi connectivity index (χ4n) is 1.33. The van der Waals surface area contributed by atoms with E-state index in [0.717, 1.165) is 18.5 Å². The first kappa shape index (κ1) is 12.4. The van der Waals surface area contributed by atoms with E-state index in [1.807, 2.05) is 18.3 Å². The zero-order chi connectivity index (χ0) is 11.8. The third kappa shape index (κ3) is 5.26. The van der Waals surface area contributed by atoms with Crippen LogP contribution in [0.15, 0.2) is 36.2 Å². The zero-order valence-corrected chi connectivity index (χ0v) is 9.31. The number of nitrogens with zero attached hydrogens (tertiary/aromatic N) is 1. The van der Waals surface area contributed by atoms with Crippen LogP contribution in [0.2, 0.25) is 0 Å². The van der Waals surface area contributed by atoms with Gasteiger partial charge >= 0.3 is 5.97 Å². The highest BCUT2D eigenvalue weighted by Crippen LogP contribution is 1.96. The van der Waals surface area contributed by atoms with Crippen molar-refractivity contribution < 1.29 is 9.90 Å². The van der Waals surface area contributed by atoms with E-state index >= 15 is 0 Å². The molecule has 0 aliphatic carbocycles. The first-order valence-corrected chi connectivity index (χ1v) is 5.18. The quantitative estimate of drug-likeness (QED) is 0.559. The molecule has 1 heterocycles. The molecule has 1 rings (SSSR count). The minimum atomic E-state index is -0.897. The van der Waals surface area contributed by atoms with Gasteiger partial charge in [-0.3, -0.25) is 4.98 Å². The van der Waals surface area contributed by atoms with Gasteiger partial charge in [-0.1, -0.05) is 11.6 Å². The molecule has 0 fully saturated rings. The van der Waals surface area contributed by atoms with Gasteiger partial charge in [-0.05, 0) is 31.5 Å². The Balaban J connectivity index is 2.20. The second-order valence-electron chi connectivity index (χ2n) is 3.62. The van der Waals surface area contributed by atoms with Crippen molar-refractivity contribution >= 4 is 5.97 Å².